The SMILES string of the molecule is Cc1cc(/C=C2/C(=O)NN(c3ccccc3)C2=O)c(C)n1-c1cccc(Cl)c1Cl. The van der Waals surface area contributed by atoms with Gasteiger partial charge in [-0.1, -0.05) is 47.5 Å². The minimum Gasteiger partial charge on any atom is -0.316 e. The summed E-state index contributed by atoms with van der Waals surface area (Å²) in [7, 11) is 0. The van der Waals surface area contributed by atoms with Crippen LogP contribution < -0.4 is 10.4 Å². The maximum absolute atomic E-state index is 12.8. The van der Waals surface area contributed by atoms with Crippen molar-refractivity contribution in [2.75, 3.05) is 5.01 Å². The molecule has 0 saturated carbocycles. The van der Waals surface area contributed by atoms with Crippen LogP contribution in [0.3, 0.4) is 0 Å². The lowest BCUT2D eigenvalue weighted by Gasteiger charge is -2.13. The molecule has 0 spiro atoms. The van der Waals surface area contributed by atoms with Crippen molar-refractivity contribution < 1.29 is 9.59 Å². The second kappa shape index (κ2) is 7.43. The Morgan fingerprint density at radius 2 is 1.69 bits per heavy atom. The molecule has 5 nitrogen and oxygen atoms in total. The zero-order chi connectivity index (χ0) is 20.7. The first kappa shape index (κ1) is 19.3. The molecular weight excluding hydrogens is 409 g/mol. The van der Waals surface area contributed by atoms with E-state index in [-0.39, 0.29) is 5.57 Å². The lowest BCUT2D eigenvalue weighted by Crippen LogP contribution is -2.35. The zero-order valence-corrected chi connectivity index (χ0v) is 17.3. The van der Waals surface area contributed by atoms with Crippen LogP contribution >= 0.6 is 23.2 Å². The van der Waals surface area contributed by atoms with Gasteiger partial charge in [-0.25, -0.2) is 5.01 Å². The molecule has 3 aromatic rings. The average Bonchev–Trinajstić information content (AvgIpc) is 3.15. The van der Waals surface area contributed by atoms with Gasteiger partial charge in [0.25, 0.3) is 11.8 Å². The molecule has 146 valence electrons. The van der Waals surface area contributed by atoms with Gasteiger partial charge in [0.05, 0.1) is 21.4 Å². The predicted molar refractivity (Wildman–Crippen MR) is 115 cm³/mol. The minimum absolute atomic E-state index is 0.0753. The summed E-state index contributed by atoms with van der Waals surface area (Å²) in [5.74, 6) is -0.837. The highest BCUT2D eigenvalue weighted by molar-refractivity contribution is 6.43. The van der Waals surface area contributed by atoms with E-state index in [0.717, 1.165) is 22.6 Å². The molecule has 1 N–H and O–H groups in total. The van der Waals surface area contributed by atoms with Crippen LogP contribution in [0.4, 0.5) is 5.69 Å². The molecule has 0 atom stereocenters. The monoisotopic (exact) mass is 425 g/mol. The number of carbonyl (C=O) groups excluding carboxylic acids is 2. The van der Waals surface area contributed by atoms with Crippen molar-refractivity contribution in [1.82, 2.24) is 9.99 Å². The third-order valence-electron chi connectivity index (χ3n) is 4.85. The Morgan fingerprint density at radius 3 is 2.41 bits per heavy atom. The van der Waals surface area contributed by atoms with Gasteiger partial charge >= 0.3 is 0 Å². The number of carbonyl (C=O) groups is 2. The van der Waals surface area contributed by atoms with Crippen LogP contribution in [0, 0.1) is 13.8 Å². The van der Waals surface area contributed by atoms with Crippen molar-refractivity contribution in [3.05, 3.63) is 87.2 Å². The highest BCUT2D eigenvalue weighted by atomic mass is 35.5. The minimum atomic E-state index is -0.440. The number of nitrogens with one attached hydrogen (secondary N) is 1. The van der Waals surface area contributed by atoms with Crippen LogP contribution in [0.25, 0.3) is 11.8 Å². The fraction of sp³-hybridized carbons (Fsp3) is 0.0909. The van der Waals surface area contributed by atoms with Gasteiger partial charge in [-0.3, -0.25) is 15.0 Å². The number of benzene rings is 2. The molecule has 2 aromatic carbocycles. The molecular formula is C22H17Cl2N3O2. The van der Waals surface area contributed by atoms with Crippen molar-refractivity contribution in [3.63, 3.8) is 0 Å². The lowest BCUT2D eigenvalue weighted by molar-refractivity contribution is -0.117. The van der Waals surface area contributed by atoms with E-state index in [1.165, 1.54) is 5.01 Å². The second-order valence-electron chi connectivity index (χ2n) is 6.71. The van der Waals surface area contributed by atoms with Crippen molar-refractivity contribution >= 4 is 46.8 Å². The summed E-state index contributed by atoms with van der Waals surface area (Å²) in [5.41, 5.74) is 6.54. The number of aryl methyl sites for hydroxylation is 1. The Hall–Kier alpha value is -3.02. The Labute approximate surface area is 178 Å². The molecule has 0 radical (unpaired) electrons. The summed E-state index contributed by atoms with van der Waals surface area (Å²) in [5, 5.41) is 2.15. The first-order valence-electron chi connectivity index (χ1n) is 8.94. The number of hydrogen-bond donors (Lipinski definition) is 1. The number of anilines is 1. The molecule has 2 heterocycles. The molecule has 1 aromatic heterocycles. The standard InChI is InChI=1S/C22H17Cl2N3O2/c1-13-11-15(14(2)26(13)19-10-6-9-18(23)20(19)24)12-17-21(28)25-27(22(17)29)16-7-4-3-5-8-16/h3-12H,1-2H3,(H,25,28)/b17-12-. The summed E-state index contributed by atoms with van der Waals surface area (Å²) in [6, 6.07) is 16.3. The van der Waals surface area contributed by atoms with E-state index in [2.05, 4.69) is 5.43 Å². The van der Waals surface area contributed by atoms with Crippen molar-refractivity contribution in [1.29, 1.82) is 0 Å². The Bertz CT molecular complexity index is 1170. The summed E-state index contributed by atoms with van der Waals surface area (Å²) in [4.78, 5) is 25.3. The Balaban J connectivity index is 1.75. The van der Waals surface area contributed by atoms with Crippen molar-refractivity contribution in [3.8, 4) is 5.69 Å². The third kappa shape index (κ3) is 3.33. The van der Waals surface area contributed by atoms with Gasteiger partial charge in [0.2, 0.25) is 0 Å². The molecule has 0 aliphatic carbocycles. The number of hydrogen-bond acceptors (Lipinski definition) is 2. The van der Waals surface area contributed by atoms with E-state index in [4.69, 9.17) is 23.2 Å². The van der Waals surface area contributed by atoms with Crippen LogP contribution in [0.1, 0.15) is 17.0 Å². The quantitative estimate of drug-likeness (QED) is 0.480. The molecule has 4 rings (SSSR count). The van der Waals surface area contributed by atoms with Gasteiger partial charge in [0.15, 0.2) is 0 Å². The number of amides is 2. The molecule has 0 bridgehead atoms. The van der Waals surface area contributed by atoms with Crippen LogP contribution in [0.5, 0.6) is 0 Å². The fourth-order valence-electron chi connectivity index (χ4n) is 3.44. The van der Waals surface area contributed by atoms with Crippen LogP contribution in [0.2, 0.25) is 10.0 Å². The highest BCUT2D eigenvalue weighted by Gasteiger charge is 2.34. The van der Waals surface area contributed by atoms with Crippen LogP contribution in [-0.2, 0) is 9.59 Å². The summed E-state index contributed by atoms with van der Waals surface area (Å²) in [6.45, 7) is 3.84. The molecule has 29 heavy (non-hydrogen) atoms. The Kier molecular flexibility index (Phi) is 4.94. The molecule has 1 aliphatic rings. The molecule has 2 amide bonds. The maximum atomic E-state index is 12.8. The number of nitrogens with zero attached hydrogens (tertiary/aromatic N) is 2. The first-order chi connectivity index (χ1) is 13.9. The van der Waals surface area contributed by atoms with Crippen molar-refractivity contribution in [2.24, 2.45) is 0 Å². The van der Waals surface area contributed by atoms with Crippen LogP contribution in [0.15, 0.2) is 60.2 Å². The Morgan fingerprint density at radius 1 is 0.966 bits per heavy atom. The zero-order valence-electron chi connectivity index (χ0n) is 15.7. The van der Waals surface area contributed by atoms with E-state index >= 15 is 0 Å². The number of halogens is 2. The van der Waals surface area contributed by atoms with E-state index < -0.39 is 11.8 Å². The average molecular weight is 426 g/mol. The molecule has 7 heteroatoms. The summed E-state index contributed by atoms with van der Waals surface area (Å²) in [6.07, 6.45) is 1.61. The largest absolute Gasteiger partial charge is 0.316 e. The molecule has 0 unspecified atom stereocenters. The number of aromatic nitrogens is 1. The van der Waals surface area contributed by atoms with Gasteiger partial charge < -0.3 is 4.57 Å². The van der Waals surface area contributed by atoms with E-state index in [9.17, 15) is 9.59 Å². The van der Waals surface area contributed by atoms with Gasteiger partial charge in [0, 0.05) is 11.4 Å². The number of rotatable bonds is 3. The topological polar surface area (TPSA) is 54.3 Å². The maximum Gasteiger partial charge on any atom is 0.282 e. The van der Waals surface area contributed by atoms with Crippen LogP contribution in [-0.4, -0.2) is 16.4 Å². The summed E-state index contributed by atoms with van der Waals surface area (Å²) >= 11 is 12.6. The number of hydrazine groups is 1. The van der Waals surface area contributed by atoms with Crippen molar-refractivity contribution in [2.45, 2.75) is 13.8 Å². The van der Waals surface area contributed by atoms with Gasteiger partial charge in [-0.2, -0.15) is 0 Å². The fourth-order valence-corrected chi connectivity index (χ4v) is 3.82. The highest BCUT2D eigenvalue weighted by Crippen LogP contribution is 2.32. The van der Waals surface area contributed by atoms with E-state index in [1.807, 2.05) is 42.7 Å². The number of para-hydroxylation sites is 1. The second-order valence-corrected chi connectivity index (χ2v) is 7.50. The molecule has 1 saturated heterocycles. The third-order valence-corrected chi connectivity index (χ3v) is 5.66. The van der Waals surface area contributed by atoms with E-state index in [1.54, 1.807) is 36.4 Å². The normalized spacial score (nSPS) is 15.3. The smallest absolute Gasteiger partial charge is 0.282 e. The van der Waals surface area contributed by atoms with Gasteiger partial charge in [0.1, 0.15) is 5.57 Å². The van der Waals surface area contributed by atoms with Gasteiger partial charge in [-0.15, -0.1) is 0 Å². The summed E-state index contributed by atoms with van der Waals surface area (Å²) < 4.78 is 1.95. The van der Waals surface area contributed by atoms with Gasteiger partial charge in [-0.05, 0) is 55.8 Å². The van der Waals surface area contributed by atoms with E-state index in [0.29, 0.717) is 15.7 Å². The first-order valence-corrected chi connectivity index (χ1v) is 9.69. The predicted octanol–water partition coefficient (Wildman–Crippen LogP) is 4.86. The molecule has 1 aliphatic heterocycles. The molecule has 1 fully saturated rings. The lowest BCUT2D eigenvalue weighted by atomic mass is 10.1.